The maximum Gasteiger partial charge on any atom is 0.143 e. The Morgan fingerprint density at radius 3 is 1.71 bits per heavy atom. The number of hydrogen-bond donors (Lipinski definition) is 0. The number of para-hydroxylation sites is 2. The molecule has 0 spiro atoms. The van der Waals surface area contributed by atoms with Gasteiger partial charge in [0.05, 0.1) is 5.69 Å². The summed E-state index contributed by atoms with van der Waals surface area (Å²) in [4.78, 5) is 2.35. The Kier molecular flexibility index (Phi) is 6.18. The van der Waals surface area contributed by atoms with Crippen LogP contribution >= 0.6 is 0 Å². The molecule has 0 saturated heterocycles. The molecule has 0 aliphatic carbocycles. The van der Waals surface area contributed by atoms with Crippen LogP contribution in [-0.2, 0) is 0 Å². The normalized spacial score (nSPS) is 11.7. The lowest BCUT2D eigenvalue weighted by molar-refractivity contribution is 0.669. The van der Waals surface area contributed by atoms with Crippen LogP contribution in [0.15, 0.2) is 185 Å². The SMILES string of the molecule is c1ccc(-c2ccc(N(c3ccc4c(c3)oc3ccccc34)c3cc4c5cccc(-c6ccccc6)c5oc4c4ccccc34)cc2)cc1. The standard InChI is InChI=1S/C46H29NO2/c1-3-12-30(13-4-1)31-22-24-33(25-23-31)47(34-26-27-38-37-17-9-10-21-43(37)48-44(38)28-34)42-29-41-40-20-11-19-35(32-14-5-2-6-15-32)45(40)49-46(41)39-18-8-7-16-36(39)42/h1-29H. The van der Waals surface area contributed by atoms with Gasteiger partial charge < -0.3 is 13.7 Å². The molecule has 2 aromatic heterocycles. The first-order chi connectivity index (χ1) is 24.3. The van der Waals surface area contributed by atoms with E-state index in [2.05, 4.69) is 163 Å². The van der Waals surface area contributed by atoms with E-state index in [0.29, 0.717) is 0 Å². The number of nitrogens with zero attached hydrogens (tertiary/aromatic N) is 1. The van der Waals surface area contributed by atoms with Gasteiger partial charge >= 0.3 is 0 Å². The molecule has 0 amide bonds. The van der Waals surface area contributed by atoms with Gasteiger partial charge in [0.15, 0.2) is 0 Å². The molecular weight excluding hydrogens is 599 g/mol. The molecule has 0 fully saturated rings. The summed E-state index contributed by atoms with van der Waals surface area (Å²) in [6.45, 7) is 0. The molecule has 230 valence electrons. The highest BCUT2D eigenvalue weighted by Crippen LogP contribution is 2.46. The van der Waals surface area contributed by atoms with Crippen molar-refractivity contribution in [3.63, 3.8) is 0 Å². The fourth-order valence-corrected chi connectivity index (χ4v) is 7.35. The van der Waals surface area contributed by atoms with Crippen LogP contribution in [0.5, 0.6) is 0 Å². The Balaban J connectivity index is 1.24. The van der Waals surface area contributed by atoms with E-state index in [1.165, 1.54) is 11.1 Å². The molecule has 8 aromatic carbocycles. The second kappa shape index (κ2) is 11.0. The van der Waals surface area contributed by atoms with Crippen molar-refractivity contribution in [2.75, 3.05) is 4.90 Å². The van der Waals surface area contributed by atoms with Crippen molar-refractivity contribution < 1.29 is 8.83 Å². The maximum absolute atomic E-state index is 6.82. The lowest BCUT2D eigenvalue weighted by Crippen LogP contribution is -2.10. The third-order valence-electron chi connectivity index (χ3n) is 9.66. The van der Waals surface area contributed by atoms with E-state index < -0.39 is 0 Å². The molecule has 0 saturated carbocycles. The second-order valence-electron chi connectivity index (χ2n) is 12.5. The highest BCUT2D eigenvalue weighted by molar-refractivity contribution is 6.21. The topological polar surface area (TPSA) is 29.5 Å². The first-order valence-corrected chi connectivity index (χ1v) is 16.6. The van der Waals surface area contributed by atoms with Crippen LogP contribution in [0, 0.1) is 0 Å². The molecule has 0 N–H and O–H groups in total. The van der Waals surface area contributed by atoms with E-state index in [9.17, 15) is 0 Å². The van der Waals surface area contributed by atoms with Crippen molar-refractivity contribution in [2.24, 2.45) is 0 Å². The summed E-state index contributed by atoms with van der Waals surface area (Å²) < 4.78 is 13.2. The maximum atomic E-state index is 6.82. The summed E-state index contributed by atoms with van der Waals surface area (Å²) in [5, 5.41) is 6.57. The minimum absolute atomic E-state index is 0.858. The molecule has 0 unspecified atom stereocenters. The number of rotatable bonds is 5. The minimum Gasteiger partial charge on any atom is -0.456 e. The first-order valence-electron chi connectivity index (χ1n) is 16.6. The predicted octanol–water partition coefficient (Wildman–Crippen LogP) is 13.4. The predicted molar refractivity (Wildman–Crippen MR) is 204 cm³/mol. The lowest BCUT2D eigenvalue weighted by Gasteiger charge is -2.27. The molecule has 0 aliphatic rings. The third-order valence-corrected chi connectivity index (χ3v) is 9.66. The summed E-state index contributed by atoms with van der Waals surface area (Å²) in [7, 11) is 0. The molecule has 0 bridgehead atoms. The molecule has 0 aliphatic heterocycles. The molecule has 0 radical (unpaired) electrons. The van der Waals surface area contributed by atoms with Crippen molar-refractivity contribution in [2.45, 2.75) is 0 Å². The van der Waals surface area contributed by atoms with Crippen LogP contribution < -0.4 is 4.90 Å². The summed E-state index contributed by atoms with van der Waals surface area (Å²) in [6.07, 6.45) is 0. The van der Waals surface area contributed by atoms with E-state index >= 15 is 0 Å². The third kappa shape index (κ3) is 4.44. The molecule has 10 aromatic rings. The molecule has 3 nitrogen and oxygen atoms in total. The van der Waals surface area contributed by atoms with Crippen LogP contribution in [0.25, 0.3) is 76.9 Å². The van der Waals surface area contributed by atoms with Gasteiger partial charge in [-0.25, -0.2) is 0 Å². The molecule has 3 heteroatoms. The summed E-state index contributed by atoms with van der Waals surface area (Å²) in [6, 6.07) is 61.9. The molecule has 2 heterocycles. The smallest absolute Gasteiger partial charge is 0.143 e. The Morgan fingerprint density at radius 2 is 0.918 bits per heavy atom. The monoisotopic (exact) mass is 627 g/mol. The van der Waals surface area contributed by atoms with Gasteiger partial charge in [-0.05, 0) is 53.1 Å². The Morgan fingerprint density at radius 1 is 0.327 bits per heavy atom. The van der Waals surface area contributed by atoms with E-state index in [-0.39, 0.29) is 0 Å². The van der Waals surface area contributed by atoms with Gasteiger partial charge in [-0.2, -0.15) is 0 Å². The number of benzene rings is 8. The van der Waals surface area contributed by atoms with Gasteiger partial charge in [0.25, 0.3) is 0 Å². The second-order valence-corrected chi connectivity index (χ2v) is 12.5. The highest BCUT2D eigenvalue weighted by atomic mass is 16.3. The summed E-state index contributed by atoms with van der Waals surface area (Å²) in [5.41, 5.74) is 11.3. The molecular formula is C46H29NO2. The summed E-state index contributed by atoms with van der Waals surface area (Å²) in [5.74, 6) is 0. The van der Waals surface area contributed by atoms with Gasteiger partial charge in [-0.15, -0.1) is 0 Å². The van der Waals surface area contributed by atoms with E-state index in [1.54, 1.807) is 0 Å². The fraction of sp³-hybridized carbons (Fsp3) is 0. The number of hydrogen-bond acceptors (Lipinski definition) is 3. The van der Waals surface area contributed by atoms with Gasteiger partial charge in [0.2, 0.25) is 0 Å². The van der Waals surface area contributed by atoms with Gasteiger partial charge in [0.1, 0.15) is 22.3 Å². The van der Waals surface area contributed by atoms with Crippen molar-refractivity contribution in [3.8, 4) is 22.3 Å². The lowest BCUT2D eigenvalue weighted by atomic mass is 9.99. The zero-order valence-electron chi connectivity index (χ0n) is 26.5. The van der Waals surface area contributed by atoms with Crippen LogP contribution in [0.2, 0.25) is 0 Å². The van der Waals surface area contributed by atoms with Gasteiger partial charge in [0, 0.05) is 55.3 Å². The van der Waals surface area contributed by atoms with Crippen molar-refractivity contribution in [1.29, 1.82) is 0 Å². The zero-order valence-corrected chi connectivity index (χ0v) is 26.5. The first kappa shape index (κ1) is 27.5. The largest absolute Gasteiger partial charge is 0.456 e. The highest BCUT2D eigenvalue weighted by Gasteiger charge is 2.22. The summed E-state index contributed by atoms with van der Waals surface area (Å²) >= 11 is 0. The van der Waals surface area contributed by atoms with Crippen molar-refractivity contribution >= 4 is 71.7 Å². The van der Waals surface area contributed by atoms with Crippen LogP contribution in [0.4, 0.5) is 17.1 Å². The number of anilines is 3. The van der Waals surface area contributed by atoms with Crippen molar-refractivity contribution in [3.05, 3.63) is 176 Å². The van der Waals surface area contributed by atoms with Gasteiger partial charge in [-0.3, -0.25) is 0 Å². The average Bonchev–Trinajstić information content (AvgIpc) is 3.74. The molecule has 49 heavy (non-hydrogen) atoms. The van der Waals surface area contributed by atoms with E-state index in [0.717, 1.165) is 82.8 Å². The van der Waals surface area contributed by atoms with Crippen LogP contribution in [0.1, 0.15) is 0 Å². The Labute approximate surface area is 282 Å². The van der Waals surface area contributed by atoms with Gasteiger partial charge in [-0.1, -0.05) is 133 Å². The minimum atomic E-state index is 0.858. The van der Waals surface area contributed by atoms with E-state index in [4.69, 9.17) is 8.83 Å². The van der Waals surface area contributed by atoms with E-state index in [1.807, 2.05) is 18.2 Å². The average molecular weight is 628 g/mol. The zero-order chi connectivity index (χ0) is 32.3. The Bertz CT molecular complexity index is 2810. The van der Waals surface area contributed by atoms with Crippen molar-refractivity contribution in [1.82, 2.24) is 0 Å². The number of fused-ring (bicyclic) bond motifs is 8. The fourth-order valence-electron chi connectivity index (χ4n) is 7.35. The molecule has 0 atom stereocenters. The van der Waals surface area contributed by atoms with Crippen LogP contribution in [-0.4, -0.2) is 0 Å². The van der Waals surface area contributed by atoms with Crippen LogP contribution in [0.3, 0.4) is 0 Å². The Hall–Kier alpha value is -6.58. The number of furan rings is 2. The quantitative estimate of drug-likeness (QED) is 0.190. The molecule has 10 rings (SSSR count).